The van der Waals surface area contributed by atoms with Crippen molar-refractivity contribution in [1.82, 2.24) is 4.72 Å². The number of benzene rings is 1. The van der Waals surface area contributed by atoms with Crippen LogP contribution in [0.2, 0.25) is 0 Å². The topological polar surface area (TPSA) is 58.6 Å². The average Bonchev–Trinajstić information content (AvgIpc) is 3.34. The standard InChI is InChI=1S/C16H18N2O3S/c19-22(20)16-10-14(21-13-4-2-1-3-5-13)8-9-15(16)18(11-17-22)12-6-7-12/h2,4-5,8-10,12,17H,1,3,6-7,11H2. The normalized spacial score (nSPS) is 22.9. The van der Waals surface area contributed by atoms with E-state index in [0.717, 1.165) is 37.1 Å². The molecule has 5 nitrogen and oxygen atoms in total. The summed E-state index contributed by atoms with van der Waals surface area (Å²) in [5.41, 5.74) is 0.779. The van der Waals surface area contributed by atoms with Crippen molar-refractivity contribution in [3.63, 3.8) is 0 Å². The fourth-order valence-corrected chi connectivity index (χ4v) is 4.04. The van der Waals surface area contributed by atoms with Gasteiger partial charge in [-0.05, 0) is 50.0 Å². The third-order valence-corrected chi connectivity index (χ3v) is 5.55. The molecule has 1 aliphatic heterocycles. The molecule has 116 valence electrons. The maximum absolute atomic E-state index is 12.3. The van der Waals surface area contributed by atoms with E-state index in [2.05, 4.69) is 15.7 Å². The number of sulfonamides is 1. The fourth-order valence-electron chi connectivity index (χ4n) is 2.84. The molecule has 2 aliphatic carbocycles. The minimum atomic E-state index is -3.45. The Hall–Kier alpha value is -1.79. The molecule has 1 fully saturated rings. The molecular formula is C16H18N2O3S. The van der Waals surface area contributed by atoms with E-state index in [0.29, 0.717) is 23.4 Å². The van der Waals surface area contributed by atoms with Gasteiger partial charge in [0.15, 0.2) is 0 Å². The van der Waals surface area contributed by atoms with Gasteiger partial charge in [0.05, 0.1) is 12.4 Å². The predicted molar refractivity (Wildman–Crippen MR) is 84.2 cm³/mol. The number of anilines is 1. The van der Waals surface area contributed by atoms with E-state index in [-0.39, 0.29) is 0 Å². The summed E-state index contributed by atoms with van der Waals surface area (Å²) in [6.45, 7) is 0.355. The molecule has 1 N–H and O–H groups in total. The Labute approximate surface area is 130 Å². The SMILES string of the molecule is O=S1(=O)NCN(C2CC2)c2ccc(OC3=CCCC=C3)cc21. The molecule has 0 amide bonds. The van der Waals surface area contributed by atoms with Crippen LogP contribution in [-0.4, -0.2) is 21.1 Å². The Bertz CT molecular complexity index is 764. The van der Waals surface area contributed by atoms with E-state index in [1.807, 2.05) is 24.3 Å². The maximum Gasteiger partial charge on any atom is 0.244 e. The van der Waals surface area contributed by atoms with Crippen LogP contribution in [0, 0.1) is 0 Å². The molecule has 1 heterocycles. The van der Waals surface area contributed by atoms with Crippen LogP contribution >= 0.6 is 0 Å². The van der Waals surface area contributed by atoms with Crippen molar-refractivity contribution in [2.45, 2.75) is 36.6 Å². The molecule has 0 spiro atoms. The third kappa shape index (κ3) is 2.53. The summed E-state index contributed by atoms with van der Waals surface area (Å²) in [5.74, 6) is 1.32. The molecule has 1 aromatic rings. The zero-order valence-corrected chi connectivity index (χ0v) is 13.0. The van der Waals surface area contributed by atoms with Gasteiger partial charge in [0.2, 0.25) is 10.0 Å². The molecule has 0 saturated heterocycles. The van der Waals surface area contributed by atoms with Crippen molar-refractivity contribution < 1.29 is 13.2 Å². The van der Waals surface area contributed by atoms with Gasteiger partial charge in [-0.15, -0.1) is 0 Å². The Kier molecular flexibility index (Phi) is 3.23. The smallest absolute Gasteiger partial charge is 0.244 e. The molecule has 1 aromatic carbocycles. The molecule has 3 aliphatic rings. The molecule has 0 unspecified atom stereocenters. The second kappa shape index (κ2) is 5.14. The zero-order valence-electron chi connectivity index (χ0n) is 12.2. The first kappa shape index (κ1) is 13.8. The van der Waals surface area contributed by atoms with Gasteiger partial charge in [-0.25, -0.2) is 8.42 Å². The number of fused-ring (bicyclic) bond motifs is 1. The minimum Gasteiger partial charge on any atom is -0.458 e. The Morgan fingerprint density at radius 3 is 2.82 bits per heavy atom. The fraction of sp³-hybridized carbons (Fsp3) is 0.375. The summed E-state index contributed by atoms with van der Waals surface area (Å²) in [4.78, 5) is 2.43. The number of nitrogens with one attached hydrogen (secondary N) is 1. The lowest BCUT2D eigenvalue weighted by molar-refractivity contribution is 0.437. The quantitative estimate of drug-likeness (QED) is 0.930. The monoisotopic (exact) mass is 318 g/mol. The number of rotatable bonds is 3. The van der Waals surface area contributed by atoms with E-state index < -0.39 is 10.0 Å². The van der Waals surface area contributed by atoms with Gasteiger partial charge in [-0.3, -0.25) is 0 Å². The summed E-state index contributed by atoms with van der Waals surface area (Å²) in [6.07, 6.45) is 10.2. The molecule has 0 bridgehead atoms. The highest BCUT2D eigenvalue weighted by atomic mass is 32.2. The second-order valence-corrected chi connectivity index (χ2v) is 7.56. The van der Waals surface area contributed by atoms with E-state index in [1.165, 1.54) is 0 Å². The van der Waals surface area contributed by atoms with Crippen LogP contribution in [0.3, 0.4) is 0 Å². The van der Waals surface area contributed by atoms with Crippen molar-refractivity contribution in [3.05, 3.63) is 42.2 Å². The van der Waals surface area contributed by atoms with Crippen molar-refractivity contribution in [2.75, 3.05) is 11.6 Å². The molecular weight excluding hydrogens is 300 g/mol. The Balaban J connectivity index is 1.69. The highest BCUT2D eigenvalue weighted by Crippen LogP contribution is 2.39. The summed E-state index contributed by atoms with van der Waals surface area (Å²) in [7, 11) is -3.45. The van der Waals surface area contributed by atoms with Crippen molar-refractivity contribution in [1.29, 1.82) is 0 Å². The van der Waals surface area contributed by atoms with E-state index in [1.54, 1.807) is 6.07 Å². The number of ether oxygens (including phenoxy) is 1. The summed E-state index contributed by atoms with van der Waals surface area (Å²) in [6, 6.07) is 5.78. The summed E-state index contributed by atoms with van der Waals surface area (Å²) < 4.78 is 33.0. The van der Waals surface area contributed by atoms with Crippen molar-refractivity contribution >= 4 is 15.7 Å². The average molecular weight is 318 g/mol. The predicted octanol–water partition coefficient (Wildman–Crippen LogP) is 2.52. The lowest BCUT2D eigenvalue weighted by atomic mass is 10.2. The van der Waals surface area contributed by atoms with Crippen molar-refractivity contribution in [2.24, 2.45) is 0 Å². The van der Waals surface area contributed by atoms with Gasteiger partial charge in [0, 0.05) is 12.1 Å². The van der Waals surface area contributed by atoms with Gasteiger partial charge in [-0.2, -0.15) is 4.72 Å². The van der Waals surface area contributed by atoms with Gasteiger partial charge in [0.1, 0.15) is 16.4 Å². The molecule has 0 radical (unpaired) electrons. The molecule has 0 aromatic heterocycles. The molecule has 0 atom stereocenters. The van der Waals surface area contributed by atoms with Crippen molar-refractivity contribution in [3.8, 4) is 5.75 Å². The van der Waals surface area contributed by atoms with Crippen LogP contribution in [-0.2, 0) is 10.0 Å². The Morgan fingerprint density at radius 2 is 2.09 bits per heavy atom. The van der Waals surface area contributed by atoms with Crippen LogP contribution in [0.5, 0.6) is 5.75 Å². The lowest BCUT2D eigenvalue weighted by Gasteiger charge is -2.31. The highest BCUT2D eigenvalue weighted by Gasteiger charge is 2.36. The van der Waals surface area contributed by atoms with Crippen LogP contribution in [0.4, 0.5) is 5.69 Å². The van der Waals surface area contributed by atoms with Gasteiger partial charge in [-0.1, -0.05) is 6.08 Å². The van der Waals surface area contributed by atoms with Crippen LogP contribution in [0.15, 0.2) is 47.1 Å². The van der Waals surface area contributed by atoms with Crippen LogP contribution in [0.1, 0.15) is 25.7 Å². The maximum atomic E-state index is 12.3. The van der Waals surface area contributed by atoms with E-state index in [4.69, 9.17) is 4.74 Å². The summed E-state index contributed by atoms with van der Waals surface area (Å²) in [5, 5.41) is 0. The van der Waals surface area contributed by atoms with Gasteiger partial charge < -0.3 is 9.64 Å². The second-order valence-electron chi connectivity index (χ2n) is 5.82. The lowest BCUT2D eigenvalue weighted by Crippen LogP contribution is -2.44. The van der Waals surface area contributed by atoms with Gasteiger partial charge in [0.25, 0.3) is 0 Å². The van der Waals surface area contributed by atoms with Gasteiger partial charge >= 0.3 is 0 Å². The first-order chi connectivity index (χ1) is 10.6. The molecule has 6 heteroatoms. The molecule has 22 heavy (non-hydrogen) atoms. The van der Waals surface area contributed by atoms with Crippen LogP contribution in [0.25, 0.3) is 0 Å². The first-order valence-electron chi connectivity index (χ1n) is 7.58. The minimum absolute atomic E-state index is 0.309. The Morgan fingerprint density at radius 1 is 1.23 bits per heavy atom. The number of allylic oxidation sites excluding steroid dienone is 3. The zero-order chi connectivity index (χ0) is 15.2. The number of hydrogen-bond donors (Lipinski definition) is 1. The van der Waals surface area contributed by atoms with E-state index in [9.17, 15) is 8.42 Å². The largest absolute Gasteiger partial charge is 0.458 e. The number of nitrogens with zero attached hydrogens (tertiary/aromatic N) is 1. The highest BCUT2D eigenvalue weighted by molar-refractivity contribution is 7.89. The number of hydrogen-bond acceptors (Lipinski definition) is 4. The summed E-state index contributed by atoms with van der Waals surface area (Å²) >= 11 is 0. The third-order valence-electron chi connectivity index (χ3n) is 4.14. The molecule has 1 saturated carbocycles. The van der Waals surface area contributed by atoms with Crippen LogP contribution < -0.4 is 14.4 Å². The van der Waals surface area contributed by atoms with E-state index >= 15 is 0 Å². The molecule has 4 rings (SSSR count). The first-order valence-corrected chi connectivity index (χ1v) is 9.07.